The summed E-state index contributed by atoms with van der Waals surface area (Å²) in [6.07, 6.45) is 0. The van der Waals surface area contributed by atoms with E-state index >= 15 is 0 Å². The van der Waals surface area contributed by atoms with E-state index in [0.717, 1.165) is 20.1 Å². The van der Waals surface area contributed by atoms with Gasteiger partial charge in [0.25, 0.3) is 5.91 Å². The number of aromatic nitrogens is 1. The molecular formula is C19H19N3O5S2. The first-order chi connectivity index (χ1) is 13.7. The van der Waals surface area contributed by atoms with E-state index in [1.165, 1.54) is 49.7 Å². The van der Waals surface area contributed by atoms with Gasteiger partial charge in [0.2, 0.25) is 10.0 Å². The molecule has 0 unspecified atom stereocenters. The number of carbonyl (C=O) groups is 2. The van der Waals surface area contributed by atoms with E-state index in [0.29, 0.717) is 5.13 Å². The molecule has 0 aliphatic carbocycles. The Bertz CT molecular complexity index is 1190. The fourth-order valence-electron chi connectivity index (χ4n) is 2.45. The van der Waals surface area contributed by atoms with Crippen LogP contribution in [-0.4, -0.2) is 50.3 Å². The third kappa shape index (κ3) is 4.78. The lowest BCUT2D eigenvalue weighted by molar-refractivity contribution is -0.119. The van der Waals surface area contributed by atoms with E-state index in [2.05, 4.69) is 10.3 Å². The second-order valence-corrected chi connectivity index (χ2v) is 9.61. The van der Waals surface area contributed by atoms with Gasteiger partial charge in [-0.15, -0.1) is 0 Å². The molecule has 3 rings (SSSR count). The Labute approximate surface area is 172 Å². The SMILES string of the molecule is Cc1ccc2nc(NC(=O)COC(=O)c3cccc(S(=O)(=O)N(C)C)c3)sc2c1. The van der Waals surface area contributed by atoms with Gasteiger partial charge in [0.1, 0.15) is 0 Å². The van der Waals surface area contributed by atoms with E-state index in [1.54, 1.807) is 0 Å². The summed E-state index contributed by atoms with van der Waals surface area (Å²) in [5.74, 6) is -1.33. The number of nitrogens with zero attached hydrogens (tertiary/aromatic N) is 2. The van der Waals surface area contributed by atoms with Crippen molar-refractivity contribution in [3.8, 4) is 0 Å². The Morgan fingerprint density at radius 2 is 1.93 bits per heavy atom. The maximum Gasteiger partial charge on any atom is 0.338 e. The third-order valence-corrected chi connectivity index (χ3v) is 6.72. The van der Waals surface area contributed by atoms with Crippen LogP contribution in [0.15, 0.2) is 47.4 Å². The van der Waals surface area contributed by atoms with Crippen molar-refractivity contribution >= 4 is 48.6 Å². The normalized spacial score (nSPS) is 11.6. The van der Waals surface area contributed by atoms with Crippen LogP contribution in [-0.2, 0) is 19.6 Å². The van der Waals surface area contributed by atoms with Crippen molar-refractivity contribution in [1.29, 1.82) is 0 Å². The molecule has 3 aromatic rings. The van der Waals surface area contributed by atoms with Gasteiger partial charge in [0.05, 0.1) is 20.7 Å². The fraction of sp³-hybridized carbons (Fsp3) is 0.211. The summed E-state index contributed by atoms with van der Waals surface area (Å²) in [6, 6.07) is 11.2. The van der Waals surface area contributed by atoms with Crippen molar-refractivity contribution in [1.82, 2.24) is 9.29 Å². The molecule has 1 N–H and O–H groups in total. The van der Waals surface area contributed by atoms with Crippen LogP contribution >= 0.6 is 11.3 Å². The van der Waals surface area contributed by atoms with Gasteiger partial charge < -0.3 is 4.74 Å². The minimum Gasteiger partial charge on any atom is -0.452 e. The number of sulfonamides is 1. The molecule has 152 valence electrons. The lowest BCUT2D eigenvalue weighted by Crippen LogP contribution is -2.23. The Morgan fingerprint density at radius 3 is 2.66 bits per heavy atom. The maximum atomic E-state index is 12.2. The summed E-state index contributed by atoms with van der Waals surface area (Å²) in [5, 5.41) is 3.00. The molecule has 10 heteroatoms. The molecule has 1 aromatic heterocycles. The van der Waals surface area contributed by atoms with Gasteiger partial charge in [-0.1, -0.05) is 23.5 Å². The average Bonchev–Trinajstić information content (AvgIpc) is 3.07. The van der Waals surface area contributed by atoms with Crippen molar-refractivity contribution in [3.63, 3.8) is 0 Å². The first-order valence-electron chi connectivity index (χ1n) is 8.53. The van der Waals surface area contributed by atoms with Crippen LogP contribution in [0.5, 0.6) is 0 Å². The molecule has 2 aromatic carbocycles. The zero-order valence-corrected chi connectivity index (χ0v) is 17.6. The van der Waals surface area contributed by atoms with Crippen LogP contribution in [0.1, 0.15) is 15.9 Å². The van der Waals surface area contributed by atoms with Gasteiger partial charge in [-0.3, -0.25) is 10.1 Å². The van der Waals surface area contributed by atoms with Crippen LogP contribution < -0.4 is 5.32 Å². The number of hydrogen-bond acceptors (Lipinski definition) is 7. The molecule has 0 aliphatic rings. The van der Waals surface area contributed by atoms with Crippen molar-refractivity contribution in [2.75, 3.05) is 26.0 Å². The van der Waals surface area contributed by atoms with Crippen LogP contribution in [0.2, 0.25) is 0 Å². The van der Waals surface area contributed by atoms with Crippen molar-refractivity contribution in [3.05, 3.63) is 53.6 Å². The second kappa shape index (κ2) is 8.27. The number of aryl methyl sites for hydroxylation is 1. The summed E-state index contributed by atoms with van der Waals surface area (Å²) >= 11 is 1.32. The lowest BCUT2D eigenvalue weighted by Gasteiger charge is -2.12. The van der Waals surface area contributed by atoms with Crippen molar-refractivity contribution in [2.45, 2.75) is 11.8 Å². The largest absolute Gasteiger partial charge is 0.452 e. The molecule has 1 heterocycles. The minimum atomic E-state index is -3.68. The average molecular weight is 434 g/mol. The van der Waals surface area contributed by atoms with Crippen LogP contribution in [0, 0.1) is 6.92 Å². The number of hydrogen-bond donors (Lipinski definition) is 1. The molecule has 0 aliphatic heterocycles. The number of thiazole rings is 1. The maximum absolute atomic E-state index is 12.2. The highest BCUT2D eigenvalue weighted by Crippen LogP contribution is 2.26. The zero-order valence-electron chi connectivity index (χ0n) is 16.0. The first-order valence-corrected chi connectivity index (χ1v) is 10.8. The van der Waals surface area contributed by atoms with E-state index in [1.807, 2.05) is 25.1 Å². The number of amides is 1. The van der Waals surface area contributed by atoms with Crippen molar-refractivity contribution < 1.29 is 22.7 Å². The van der Waals surface area contributed by atoms with E-state index in [9.17, 15) is 18.0 Å². The molecule has 8 nitrogen and oxygen atoms in total. The summed E-state index contributed by atoms with van der Waals surface area (Å²) in [6.45, 7) is 1.45. The van der Waals surface area contributed by atoms with E-state index < -0.39 is 28.5 Å². The molecule has 0 atom stereocenters. The molecule has 0 fully saturated rings. The van der Waals surface area contributed by atoms with Gasteiger partial charge in [-0.2, -0.15) is 0 Å². The van der Waals surface area contributed by atoms with E-state index in [4.69, 9.17) is 4.74 Å². The topological polar surface area (TPSA) is 106 Å². The van der Waals surface area contributed by atoms with Gasteiger partial charge in [-0.25, -0.2) is 22.5 Å². The molecule has 29 heavy (non-hydrogen) atoms. The predicted molar refractivity (Wildman–Crippen MR) is 111 cm³/mol. The minimum absolute atomic E-state index is 0.0360. The Kier molecular flexibility index (Phi) is 5.96. The highest BCUT2D eigenvalue weighted by atomic mass is 32.2. The van der Waals surface area contributed by atoms with E-state index in [-0.39, 0.29) is 10.5 Å². The number of nitrogens with one attached hydrogen (secondary N) is 1. The summed E-state index contributed by atoms with van der Waals surface area (Å²) < 4.78 is 31.3. The van der Waals surface area contributed by atoms with Gasteiger partial charge in [0.15, 0.2) is 11.7 Å². The molecule has 0 radical (unpaired) electrons. The molecule has 0 spiro atoms. The Hall–Kier alpha value is -2.82. The number of ether oxygens (including phenoxy) is 1. The van der Waals surface area contributed by atoms with Gasteiger partial charge in [-0.05, 0) is 42.8 Å². The highest BCUT2D eigenvalue weighted by molar-refractivity contribution is 7.89. The quantitative estimate of drug-likeness (QED) is 0.599. The summed E-state index contributed by atoms with van der Waals surface area (Å²) in [4.78, 5) is 28.6. The molecule has 1 amide bonds. The molecule has 0 bridgehead atoms. The van der Waals surface area contributed by atoms with Gasteiger partial charge >= 0.3 is 5.97 Å². The number of anilines is 1. The number of carbonyl (C=O) groups excluding carboxylic acids is 2. The van der Waals surface area contributed by atoms with Crippen LogP contribution in [0.3, 0.4) is 0 Å². The van der Waals surface area contributed by atoms with Crippen molar-refractivity contribution in [2.24, 2.45) is 0 Å². The molecular weight excluding hydrogens is 414 g/mol. The summed E-state index contributed by atoms with van der Waals surface area (Å²) in [5.41, 5.74) is 1.90. The predicted octanol–water partition coefficient (Wildman–Crippen LogP) is 2.65. The molecule has 0 saturated carbocycles. The lowest BCUT2D eigenvalue weighted by atomic mass is 10.2. The smallest absolute Gasteiger partial charge is 0.338 e. The number of rotatable bonds is 6. The fourth-order valence-corrected chi connectivity index (χ4v) is 4.38. The number of fused-ring (bicyclic) bond motifs is 1. The second-order valence-electron chi connectivity index (χ2n) is 6.43. The van der Waals surface area contributed by atoms with Crippen LogP contribution in [0.4, 0.5) is 5.13 Å². The Morgan fingerprint density at radius 1 is 1.17 bits per heavy atom. The van der Waals surface area contributed by atoms with Gasteiger partial charge in [0, 0.05) is 14.1 Å². The number of benzene rings is 2. The zero-order chi connectivity index (χ0) is 21.2. The molecule has 0 saturated heterocycles. The standard InChI is InChI=1S/C19H19N3O5S2/c1-12-7-8-15-16(9-12)28-19(20-15)21-17(23)11-27-18(24)13-5-4-6-14(10-13)29(25,26)22(2)3/h4-10H,11H2,1-3H3,(H,20,21,23). The third-order valence-electron chi connectivity index (χ3n) is 3.97. The highest BCUT2D eigenvalue weighted by Gasteiger charge is 2.19. The monoisotopic (exact) mass is 433 g/mol. The number of esters is 1. The summed E-state index contributed by atoms with van der Waals surface area (Å²) in [7, 11) is -0.888. The first kappa shape index (κ1) is 20.9. The van der Waals surface area contributed by atoms with Crippen LogP contribution in [0.25, 0.3) is 10.2 Å². The Balaban J connectivity index is 1.63.